The average Bonchev–Trinajstić information content (AvgIpc) is 3.42. The summed E-state index contributed by atoms with van der Waals surface area (Å²) >= 11 is 0. The third-order valence-electron chi connectivity index (χ3n) is 5.64. The molecule has 1 aliphatic carbocycles. The molecule has 1 amide bonds. The summed E-state index contributed by atoms with van der Waals surface area (Å²) in [5.41, 5.74) is 5.59. The highest BCUT2D eigenvalue weighted by molar-refractivity contribution is 5.90. The van der Waals surface area contributed by atoms with Crippen molar-refractivity contribution in [3.8, 4) is 0 Å². The number of cyclic esters (lactones) is 1. The second-order valence-corrected chi connectivity index (χ2v) is 7.85. The lowest BCUT2D eigenvalue weighted by Crippen LogP contribution is -2.43. The summed E-state index contributed by atoms with van der Waals surface area (Å²) in [5, 5.41) is 4.24. The molecule has 1 aromatic rings. The van der Waals surface area contributed by atoms with Gasteiger partial charge >= 0.3 is 6.09 Å². The van der Waals surface area contributed by atoms with E-state index >= 15 is 0 Å². The Morgan fingerprint density at radius 3 is 2.34 bits per heavy atom. The van der Waals surface area contributed by atoms with E-state index in [-0.39, 0.29) is 24.5 Å². The zero-order chi connectivity index (χ0) is 21.1. The van der Waals surface area contributed by atoms with Crippen LogP contribution in [-0.2, 0) is 4.74 Å². The van der Waals surface area contributed by atoms with E-state index in [1.54, 1.807) is 4.90 Å². The second kappa shape index (κ2) is 9.23. The van der Waals surface area contributed by atoms with Gasteiger partial charge in [-0.3, -0.25) is 4.90 Å². The Labute approximate surface area is 170 Å². The zero-order valence-electron chi connectivity index (χ0n) is 17.4. The van der Waals surface area contributed by atoms with E-state index in [0.29, 0.717) is 19.6 Å². The monoisotopic (exact) mass is 411 g/mol. The van der Waals surface area contributed by atoms with Gasteiger partial charge in [0.1, 0.15) is 11.8 Å². The van der Waals surface area contributed by atoms with E-state index in [2.05, 4.69) is 10.0 Å². The first-order valence-electron chi connectivity index (χ1n) is 10.2. The highest BCUT2D eigenvalue weighted by Crippen LogP contribution is 2.31. The molecule has 1 atom stereocenters. The molecule has 1 saturated heterocycles. The Morgan fingerprint density at radius 1 is 1.17 bits per heavy atom. The fraction of sp³-hybridized carbons (Fsp3) is 0.650. The predicted octanol–water partition coefficient (Wildman–Crippen LogP) is 2.26. The average molecular weight is 411 g/mol. The van der Waals surface area contributed by atoms with Crippen LogP contribution in [0.15, 0.2) is 12.1 Å². The van der Waals surface area contributed by atoms with Gasteiger partial charge in [-0.25, -0.2) is 23.6 Å². The standard InChI is InChI=1S/C20H31F2N5O2/c1-4-26(8-7-24(2)25(3)12-14-5-6-14)19-17(21)9-15(10-18(19)22)27-13-16(11-23)29-20(27)28/h9-10,14,16H,4-8,11-13,23H2,1-3H3/t16-/m0/s1. The van der Waals surface area contributed by atoms with Crippen LogP contribution in [0.25, 0.3) is 0 Å². The van der Waals surface area contributed by atoms with Crippen molar-refractivity contribution in [3.63, 3.8) is 0 Å². The fourth-order valence-electron chi connectivity index (χ4n) is 3.54. The summed E-state index contributed by atoms with van der Waals surface area (Å²) in [6.45, 7) is 4.82. The van der Waals surface area contributed by atoms with Crippen LogP contribution < -0.4 is 15.5 Å². The van der Waals surface area contributed by atoms with Gasteiger partial charge in [-0.15, -0.1) is 0 Å². The molecule has 1 aromatic carbocycles. The summed E-state index contributed by atoms with van der Waals surface area (Å²) < 4.78 is 34.8. The van der Waals surface area contributed by atoms with Crippen LogP contribution >= 0.6 is 0 Å². The number of likely N-dealkylation sites (N-methyl/N-ethyl adjacent to an activating group) is 2. The Hall–Kier alpha value is -1.97. The number of amides is 1. The number of hydrogen-bond acceptors (Lipinski definition) is 6. The molecule has 0 spiro atoms. The van der Waals surface area contributed by atoms with Crippen molar-refractivity contribution in [1.82, 2.24) is 10.0 Å². The number of rotatable bonds is 10. The maximum Gasteiger partial charge on any atom is 0.414 e. The zero-order valence-corrected chi connectivity index (χ0v) is 17.4. The van der Waals surface area contributed by atoms with Crippen molar-refractivity contribution in [3.05, 3.63) is 23.8 Å². The number of benzene rings is 1. The maximum atomic E-state index is 14.9. The fourth-order valence-corrected chi connectivity index (χ4v) is 3.54. The largest absolute Gasteiger partial charge is 0.443 e. The van der Waals surface area contributed by atoms with Crippen LogP contribution in [0.4, 0.5) is 25.0 Å². The molecule has 162 valence electrons. The normalized spacial score (nSPS) is 19.4. The summed E-state index contributed by atoms with van der Waals surface area (Å²) in [6.07, 6.45) is 1.44. The van der Waals surface area contributed by atoms with Crippen molar-refractivity contribution in [2.45, 2.75) is 25.9 Å². The number of ether oxygens (including phenoxy) is 1. The molecule has 0 unspecified atom stereocenters. The number of halogens is 2. The number of hydrazine groups is 1. The first kappa shape index (κ1) is 21.7. The van der Waals surface area contributed by atoms with Gasteiger partial charge in [-0.2, -0.15) is 0 Å². The maximum absolute atomic E-state index is 14.9. The van der Waals surface area contributed by atoms with E-state index in [9.17, 15) is 13.6 Å². The van der Waals surface area contributed by atoms with Crippen molar-refractivity contribution < 1.29 is 18.3 Å². The SMILES string of the molecule is CCN(CCN(C)N(C)CC1CC1)c1c(F)cc(N2C[C@H](CN)OC2=O)cc1F. The van der Waals surface area contributed by atoms with Crippen LogP contribution in [0.3, 0.4) is 0 Å². The summed E-state index contributed by atoms with van der Waals surface area (Å²) in [7, 11) is 4.02. The summed E-state index contributed by atoms with van der Waals surface area (Å²) in [5.74, 6) is -0.622. The number of nitrogens with two attached hydrogens (primary N) is 1. The molecular weight excluding hydrogens is 380 g/mol. The second-order valence-electron chi connectivity index (χ2n) is 7.85. The van der Waals surface area contributed by atoms with Gasteiger partial charge in [0.05, 0.1) is 12.2 Å². The van der Waals surface area contributed by atoms with Gasteiger partial charge in [0.15, 0.2) is 11.6 Å². The molecule has 7 nitrogen and oxygen atoms in total. The molecule has 1 aliphatic heterocycles. The van der Waals surface area contributed by atoms with Crippen LogP contribution in [0.5, 0.6) is 0 Å². The number of anilines is 2. The molecule has 2 aliphatic rings. The van der Waals surface area contributed by atoms with E-state index in [1.165, 1.54) is 29.9 Å². The van der Waals surface area contributed by atoms with E-state index in [0.717, 1.165) is 12.5 Å². The highest BCUT2D eigenvalue weighted by Gasteiger charge is 2.33. The number of carbonyl (C=O) groups is 1. The molecule has 2 N–H and O–H groups in total. The molecular formula is C20H31F2N5O2. The first-order chi connectivity index (χ1) is 13.8. The molecule has 29 heavy (non-hydrogen) atoms. The Morgan fingerprint density at radius 2 is 1.83 bits per heavy atom. The summed E-state index contributed by atoms with van der Waals surface area (Å²) in [6, 6.07) is 2.37. The van der Waals surface area contributed by atoms with Gasteiger partial charge in [0, 0.05) is 59.0 Å². The Kier molecular flexibility index (Phi) is 6.92. The minimum Gasteiger partial charge on any atom is -0.443 e. The molecule has 3 rings (SSSR count). The van der Waals surface area contributed by atoms with Crippen LogP contribution in [0.1, 0.15) is 19.8 Å². The minimum absolute atomic E-state index is 0.0718. The number of nitrogens with zero attached hydrogens (tertiary/aromatic N) is 4. The number of carbonyl (C=O) groups excluding carboxylic acids is 1. The minimum atomic E-state index is -0.695. The van der Waals surface area contributed by atoms with Crippen LogP contribution in [0.2, 0.25) is 0 Å². The third kappa shape index (κ3) is 5.15. The van der Waals surface area contributed by atoms with Gasteiger partial charge in [-0.1, -0.05) is 0 Å². The molecule has 1 saturated carbocycles. The van der Waals surface area contributed by atoms with Crippen LogP contribution in [-0.4, -0.2) is 75.6 Å². The third-order valence-corrected chi connectivity index (χ3v) is 5.64. The predicted molar refractivity (Wildman–Crippen MR) is 109 cm³/mol. The summed E-state index contributed by atoms with van der Waals surface area (Å²) in [4.78, 5) is 14.8. The van der Waals surface area contributed by atoms with Crippen molar-refractivity contribution in [2.75, 3.05) is 63.2 Å². The first-order valence-corrected chi connectivity index (χ1v) is 10.2. The van der Waals surface area contributed by atoms with E-state index in [4.69, 9.17) is 10.5 Å². The molecule has 0 radical (unpaired) electrons. The van der Waals surface area contributed by atoms with Gasteiger partial charge in [0.2, 0.25) is 0 Å². The Bertz CT molecular complexity index is 708. The van der Waals surface area contributed by atoms with Gasteiger partial charge in [-0.05, 0) is 25.7 Å². The lowest BCUT2D eigenvalue weighted by atomic mass is 10.2. The Balaban J connectivity index is 1.68. The smallest absolute Gasteiger partial charge is 0.414 e. The van der Waals surface area contributed by atoms with Crippen molar-refractivity contribution >= 4 is 17.5 Å². The van der Waals surface area contributed by atoms with Gasteiger partial charge < -0.3 is 15.4 Å². The molecule has 9 heteroatoms. The van der Waals surface area contributed by atoms with Crippen LogP contribution in [0, 0.1) is 17.6 Å². The quantitative estimate of drug-likeness (QED) is 0.596. The molecule has 0 bridgehead atoms. The van der Waals surface area contributed by atoms with Crippen molar-refractivity contribution in [2.24, 2.45) is 11.7 Å². The molecule has 0 aromatic heterocycles. The topological polar surface area (TPSA) is 65.3 Å². The van der Waals surface area contributed by atoms with E-state index < -0.39 is 23.8 Å². The number of hydrogen-bond donors (Lipinski definition) is 1. The highest BCUT2D eigenvalue weighted by atomic mass is 19.1. The van der Waals surface area contributed by atoms with Crippen molar-refractivity contribution in [1.29, 1.82) is 0 Å². The molecule has 1 heterocycles. The lowest BCUT2D eigenvalue weighted by Gasteiger charge is -2.32. The van der Waals surface area contributed by atoms with Gasteiger partial charge in [0.25, 0.3) is 0 Å². The van der Waals surface area contributed by atoms with E-state index in [1.807, 2.05) is 21.0 Å². The molecule has 2 fully saturated rings. The lowest BCUT2D eigenvalue weighted by molar-refractivity contribution is 0.0255.